The van der Waals surface area contributed by atoms with Gasteiger partial charge in [0.1, 0.15) is 0 Å². The molecule has 0 aliphatic carbocycles. The van der Waals surface area contributed by atoms with E-state index >= 15 is 0 Å². The average Bonchev–Trinajstić information content (AvgIpc) is 2.91. The normalized spacial score (nSPS) is 16.4. The minimum absolute atomic E-state index is 0.355. The van der Waals surface area contributed by atoms with E-state index in [4.69, 9.17) is 5.11 Å². The minimum atomic E-state index is -0.866. The van der Waals surface area contributed by atoms with Crippen LogP contribution in [0, 0.1) is 0 Å². The number of fused-ring (bicyclic) bond motifs is 1. The number of nitrogens with zero attached hydrogens (tertiary/aromatic N) is 2. The highest BCUT2D eigenvalue weighted by atomic mass is 16.4. The average molecular weight is 286 g/mol. The van der Waals surface area contributed by atoms with E-state index in [-0.39, 0.29) is 0 Å². The highest BCUT2D eigenvalue weighted by Gasteiger charge is 2.10. The van der Waals surface area contributed by atoms with E-state index in [2.05, 4.69) is 15.7 Å². The Kier molecular flexibility index (Phi) is 4.25. The van der Waals surface area contributed by atoms with Crippen LogP contribution in [0.25, 0.3) is 10.9 Å². The van der Waals surface area contributed by atoms with Crippen LogP contribution in [0.1, 0.15) is 36.0 Å². The van der Waals surface area contributed by atoms with Crippen LogP contribution in [0.15, 0.2) is 30.5 Å². The minimum Gasteiger partial charge on any atom is -0.478 e. The number of aryl methyl sites for hydroxylation is 1. The van der Waals surface area contributed by atoms with Crippen molar-refractivity contribution in [3.8, 4) is 0 Å². The molecule has 0 saturated carbocycles. The third kappa shape index (κ3) is 3.27. The van der Waals surface area contributed by atoms with Gasteiger partial charge in [-0.3, -0.25) is 0 Å². The lowest BCUT2D eigenvalue weighted by molar-refractivity contribution is 0.0697. The summed E-state index contributed by atoms with van der Waals surface area (Å²) >= 11 is 0. The molecule has 0 bridgehead atoms. The molecule has 0 unspecified atom stereocenters. The first-order chi connectivity index (χ1) is 10.2. The van der Waals surface area contributed by atoms with Crippen molar-refractivity contribution in [3.63, 3.8) is 0 Å². The van der Waals surface area contributed by atoms with Gasteiger partial charge in [-0.2, -0.15) is 0 Å². The lowest BCUT2D eigenvalue weighted by Crippen LogP contribution is -2.31. The van der Waals surface area contributed by atoms with Crippen LogP contribution >= 0.6 is 0 Å². The van der Waals surface area contributed by atoms with Gasteiger partial charge in [-0.25, -0.2) is 4.79 Å². The summed E-state index contributed by atoms with van der Waals surface area (Å²) in [6.45, 7) is 4.64. The number of hydrogen-bond acceptors (Lipinski definition) is 2. The molecular formula is C17H22N2O2. The van der Waals surface area contributed by atoms with Crippen LogP contribution in [0.5, 0.6) is 0 Å². The molecule has 1 aliphatic rings. The quantitative estimate of drug-likeness (QED) is 0.918. The number of aromatic nitrogens is 1. The first-order valence-electron chi connectivity index (χ1n) is 7.78. The van der Waals surface area contributed by atoms with Gasteiger partial charge in [-0.05, 0) is 63.2 Å². The molecule has 112 valence electrons. The van der Waals surface area contributed by atoms with E-state index in [1.807, 2.05) is 12.1 Å². The second-order valence-corrected chi connectivity index (χ2v) is 5.84. The molecule has 1 N–H and O–H groups in total. The molecule has 4 heteroatoms. The Balaban J connectivity index is 1.63. The standard InChI is InChI=1S/C17H22N2O2/c20-17(21)15-5-6-16-14(13-15)7-12-19(16)11-4-10-18-8-2-1-3-9-18/h5-7,12-13H,1-4,8-11H2,(H,20,21). The Morgan fingerprint density at radius 2 is 1.90 bits per heavy atom. The Hall–Kier alpha value is -1.81. The molecule has 0 amide bonds. The third-order valence-corrected chi connectivity index (χ3v) is 4.34. The highest BCUT2D eigenvalue weighted by Crippen LogP contribution is 2.18. The van der Waals surface area contributed by atoms with Gasteiger partial charge >= 0.3 is 5.97 Å². The van der Waals surface area contributed by atoms with Gasteiger partial charge in [-0.1, -0.05) is 6.42 Å². The van der Waals surface area contributed by atoms with Crippen molar-refractivity contribution >= 4 is 16.9 Å². The Bertz CT molecular complexity index is 627. The lowest BCUT2D eigenvalue weighted by Gasteiger charge is -2.26. The van der Waals surface area contributed by atoms with Crippen molar-refractivity contribution in [2.24, 2.45) is 0 Å². The predicted molar refractivity (Wildman–Crippen MR) is 83.8 cm³/mol. The van der Waals surface area contributed by atoms with Gasteiger partial charge in [0.25, 0.3) is 0 Å². The number of rotatable bonds is 5. The molecule has 1 aliphatic heterocycles. The summed E-state index contributed by atoms with van der Waals surface area (Å²) in [6.07, 6.45) is 7.26. The largest absolute Gasteiger partial charge is 0.478 e. The maximum atomic E-state index is 11.0. The summed E-state index contributed by atoms with van der Waals surface area (Å²) in [5, 5.41) is 10.0. The number of aromatic carboxylic acids is 1. The zero-order valence-electron chi connectivity index (χ0n) is 12.3. The van der Waals surface area contributed by atoms with Crippen LogP contribution in [0.4, 0.5) is 0 Å². The number of carbonyl (C=O) groups is 1. The fourth-order valence-electron chi connectivity index (χ4n) is 3.18. The third-order valence-electron chi connectivity index (χ3n) is 4.34. The SMILES string of the molecule is O=C(O)c1ccc2c(ccn2CCCN2CCCCC2)c1. The Morgan fingerprint density at radius 3 is 2.67 bits per heavy atom. The summed E-state index contributed by atoms with van der Waals surface area (Å²) in [5.41, 5.74) is 1.48. The number of benzene rings is 1. The van der Waals surface area contributed by atoms with Crippen molar-refractivity contribution in [2.45, 2.75) is 32.2 Å². The molecule has 2 aromatic rings. The van der Waals surface area contributed by atoms with Gasteiger partial charge in [-0.15, -0.1) is 0 Å². The zero-order chi connectivity index (χ0) is 14.7. The fraction of sp³-hybridized carbons (Fsp3) is 0.471. The molecule has 1 aromatic carbocycles. The van der Waals surface area contributed by atoms with Gasteiger partial charge in [0.05, 0.1) is 5.56 Å². The number of carboxylic acid groups (broad SMARTS) is 1. The van der Waals surface area contributed by atoms with E-state index in [1.165, 1.54) is 32.4 Å². The topological polar surface area (TPSA) is 45.5 Å². The molecule has 0 atom stereocenters. The molecule has 4 nitrogen and oxygen atoms in total. The second kappa shape index (κ2) is 6.31. The molecule has 1 aromatic heterocycles. The van der Waals surface area contributed by atoms with Crippen molar-refractivity contribution < 1.29 is 9.90 Å². The smallest absolute Gasteiger partial charge is 0.335 e. The van der Waals surface area contributed by atoms with E-state index in [0.717, 1.165) is 30.4 Å². The molecule has 3 rings (SSSR count). The van der Waals surface area contributed by atoms with E-state index in [1.54, 1.807) is 12.1 Å². The molecule has 0 spiro atoms. The van der Waals surface area contributed by atoms with Gasteiger partial charge in [0.15, 0.2) is 0 Å². The van der Waals surface area contributed by atoms with Gasteiger partial charge in [0.2, 0.25) is 0 Å². The predicted octanol–water partition coefficient (Wildman–Crippen LogP) is 3.22. The number of likely N-dealkylation sites (tertiary alicyclic amines) is 1. The Morgan fingerprint density at radius 1 is 1.10 bits per heavy atom. The maximum absolute atomic E-state index is 11.0. The van der Waals surface area contributed by atoms with Gasteiger partial charge in [0, 0.05) is 23.6 Å². The zero-order valence-corrected chi connectivity index (χ0v) is 12.3. The summed E-state index contributed by atoms with van der Waals surface area (Å²) in [6, 6.07) is 7.35. The van der Waals surface area contributed by atoms with Crippen LogP contribution < -0.4 is 0 Å². The first-order valence-corrected chi connectivity index (χ1v) is 7.78. The summed E-state index contributed by atoms with van der Waals surface area (Å²) in [7, 11) is 0. The van der Waals surface area contributed by atoms with Crippen molar-refractivity contribution in [2.75, 3.05) is 19.6 Å². The number of carboxylic acids is 1. The van der Waals surface area contributed by atoms with Crippen LogP contribution in [0.3, 0.4) is 0 Å². The van der Waals surface area contributed by atoms with Crippen LogP contribution in [-0.2, 0) is 6.54 Å². The fourth-order valence-corrected chi connectivity index (χ4v) is 3.18. The van der Waals surface area contributed by atoms with E-state index < -0.39 is 5.97 Å². The van der Waals surface area contributed by atoms with Crippen molar-refractivity contribution in [3.05, 3.63) is 36.0 Å². The summed E-state index contributed by atoms with van der Waals surface area (Å²) in [4.78, 5) is 13.5. The molecule has 2 heterocycles. The summed E-state index contributed by atoms with van der Waals surface area (Å²) in [5.74, 6) is -0.866. The maximum Gasteiger partial charge on any atom is 0.335 e. The van der Waals surface area contributed by atoms with Crippen molar-refractivity contribution in [1.82, 2.24) is 9.47 Å². The summed E-state index contributed by atoms with van der Waals surface area (Å²) < 4.78 is 2.23. The van der Waals surface area contributed by atoms with Crippen molar-refractivity contribution in [1.29, 1.82) is 0 Å². The molecule has 0 radical (unpaired) electrons. The molecule has 21 heavy (non-hydrogen) atoms. The number of piperidine rings is 1. The van der Waals surface area contributed by atoms with Crippen LogP contribution in [-0.4, -0.2) is 40.2 Å². The van der Waals surface area contributed by atoms with E-state index in [9.17, 15) is 4.79 Å². The highest BCUT2D eigenvalue weighted by molar-refractivity contribution is 5.93. The molecule has 1 fully saturated rings. The van der Waals surface area contributed by atoms with Crippen LogP contribution in [0.2, 0.25) is 0 Å². The molecule has 1 saturated heterocycles. The number of hydrogen-bond donors (Lipinski definition) is 1. The lowest BCUT2D eigenvalue weighted by atomic mass is 10.1. The first kappa shape index (κ1) is 14.1. The van der Waals surface area contributed by atoms with Gasteiger partial charge < -0.3 is 14.6 Å². The monoisotopic (exact) mass is 286 g/mol. The Labute approximate surface area is 125 Å². The molecular weight excluding hydrogens is 264 g/mol. The second-order valence-electron chi connectivity index (χ2n) is 5.84. The van der Waals surface area contributed by atoms with E-state index in [0.29, 0.717) is 5.56 Å².